The molecule has 0 aliphatic carbocycles. The lowest BCUT2D eigenvalue weighted by molar-refractivity contribution is 0.0844. The number of aromatic amines is 1. The summed E-state index contributed by atoms with van der Waals surface area (Å²) >= 11 is 0. The Morgan fingerprint density at radius 3 is 2.50 bits per heavy atom. The number of nitrogens with zero attached hydrogens (tertiary/aromatic N) is 2. The van der Waals surface area contributed by atoms with E-state index < -0.39 is 17.4 Å². The summed E-state index contributed by atoms with van der Waals surface area (Å²) in [6.07, 6.45) is 0. The summed E-state index contributed by atoms with van der Waals surface area (Å²) in [5.74, 6) is -0.522. The molecular formula is C21H17N5O4. The number of hydrogen-bond donors (Lipinski definition) is 3. The predicted molar refractivity (Wildman–Crippen MR) is 110 cm³/mol. The molecule has 2 amide bonds. The van der Waals surface area contributed by atoms with E-state index in [1.165, 1.54) is 0 Å². The van der Waals surface area contributed by atoms with Crippen LogP contribution in [0.5, 0.6) is 5.75 Å². The van der Waals surface area contributed by atoms with Crippen LogP contribution in [0.3, 0.4) is 0 Å². The van der Waals surface area contributed by atoms with Gasteiger partial charge in [-0.25, -0.2) is 5.10 Å². The number of rotatable bonds is 3. The van der Waals surface area contributed by atoms with Crippen molar-refractivity contribution in [3.8, 4) is 5.75 Å². The smallest absolute Gasteiger partial charge is 0.290 e. The number of nitrogens with one attached hydrogen (secondary N) is 3. The summed E-state index contributed by atoms with van der Waals surface area (Å²) in [6.45, 7) is 1.70. The Morgan fingerprint density at radius 1 is 1.00 bits per heavy atom. The monoisotopic (exact) mass is 403 g/mol. The first-order valence-electron chi connectivity index (χ1n) is 9.01. The highest BCUT2D eigenvalue weighted by Crippen LogP contribution is 2.21. The van der Waals surface area contributed by atoms with E-state index in [0.717, 1.165) is 5.39 Å². The van der Waals surface area contributed by atoms with Crippen molar-refractivity contribution in [2.75, 3.05) is 7.11 Å². The van der Waals surface area contributed by atoms with Gasteiger partial charge in [-0.05, 0) is 31.2 Å². The second kappa shape index (κ2) is 7.63. The van der Waals surface area contributed by atoms with E-state index in [4.69, 9.17) is 4.74 Å². The Kier molecular flexibility index (Phi) is 4.85. The van der Waals surface area contributed by atoms with Crippen LogP contribution in [0.2, 0.25) is 0 Å². The van der Waals surface area contributed by atoms with Gasteiger partial charge >= 0.3 is 0 Å². The van der Waals surface area contributed by atoms with E-state index in [9.17, 15) is 14.4 Å². The first kappa shape index (κ1) is 19.1. The van der Waals surface area contributed by atoms with E-state index in [1.807, 2.05) is 0 Å². The third kappa shape index (κ3) is 3.44. The van der Waals surface area contributed by atoms with Gasteiger partial charge in [0.25, 0.3) is 17.4 Å². The number of amides is 2. The molecule has 0 spiro atoms. The fraction of sp³-hybridized carbons (Fsp3) is 0.0952. The van der Waals surface area contributed by atoms with Gasteiger partial charge in [-0.2, -0.15) is 5.10 Å². The van der Waals surface area contributed by atoms with Crippen LogP contribution in [0.4, 0.5) is 0 Å². The van der Waals surface area contributed by atoms with Crippen LogP contribution in [0.15, 0.2) is 53.3 Å². The molecule has 30 heavy (non-hydrogen) atoms. The summed E-state index contributed by atoms with van der Waals surface area (Å²) in [5, 5.41) is 7.55. The minimum absolute atomic E-state index is 0.00838. The van der Waals surface area contributed by atoms with Crippen LogP contribution in [0.1, 0.15) is 26.5 Å². The minimum Gasteiger partial charge on any atom is -0.497 e. The van der Waals surface area contributed by atoms with Gasteiger partial charge in [0.2, 0.25) is 0 Å². The SMILES string of the molecule is COc1ccc2cc(C(=O)NNC(=O)c3n[nH]c(=O)c4ccccc34)c(C)nc2c1. The molecule has 0 aliphatic rings. The number of hydrogen-bond acceptors (Lipinski definition) is 6. The molecule has 2 aromatic heterocycles. The zero-order valence-electron chi connectivity index (χ0n) is 16.1. The number of H-pyrrole nitrogens is 1. The van der Waals surface area contributed by atoms with Gasteiger partial charge in [0.05, 0.1) is 29.3 Å². The van der Waals surface area contributed by atoms with Crippen LogP contribution in [-0.4, -0.2) is 34.1 Å². The Bertz CT molecular complexity index is 1360. The zero-order valence-corrected chi connectivity index (χ0v) is 16.1. The van der Waals surface area contributed by atoms with E-state index >= 15 is 0 Å². The highest BCUT2D eigenvalue weighted by molar-refractivity contribution is 6.06. The average molecular weight is 403 g/mol. The molecule has 9 nitrogen and oxygen atoms in total. The summed E-state index contributed by atoms with van der Waals surface area (Å²) < 4.78 is 5.19. The Labute approximate surface area is 170 Å². The maximum Gasteiger partial charge on any atom is 0.290 e. The van der Waals surface area contributed by atoms with Crippen LogP contribution in [0.25, 0.3) is 21.7 Å². The molecule has 0 fully saturated rings. The van der Waals surface area contributed by atoms with Gasteiger partial charge in [0.1, 0.15) is 5.75 Å². The van der Waals surface area contributed by atoms with Crippen LogP contribution in [0, 0.1) is 6.92 Å². The van der Waals surface area contributed by atoms with Crippen molar-refractivity contribution in [3.63, 3.8) is 0 Å². The summed E-state index contributed by atoms with van der Waals surface area (Å²) in [5.41, 5.74) is 5.79. The largest absolute Gasteiger partial charge is 0.497 e. The van der Waals surface area contributed by atoms with E-state index in [2.05, 4.69) is 26.0 Å². The van der Waals surface area contributed by atoms with Gasteiger partial charge in [-0.3, -0.25) is 30.2 Å². The molecule has 150 valence electrons. The lowest BCUT2D eigenvalue weighted by atomic mass is 10.1. The number of pyridine rings is 1. The number of aryl methyl sites for hydroxylation is 1. The average Bonchev–Trinajstić information content (AvgIpc) is 2.76. The zero-order chi connectivity index (χ0) is 21.3. The number of carbonyl (C=O) groups is 2. The van der Waals surface area contributed by atoms with Gasteiger partial charge in [-0.1, -0.05) is 18.2 Å². The molecule has 0 saturated heterocycles. The molecule has 0 saturated carbocycles. The topological polar surface area (TPSA) is 126 Å². The predicted octanol–water partition coefficient (Wildman–Crippen LogP) is 1.86. The summed E-state index contributed by atoms with van der Waals surface area (Å²) in [6, 6.07) is 13.6. The maximum absolute atomic E-state index is 12.6. The molecule has 4 aromatic rings. The van der Waals surface area contributed by atoms with Gasteiger partial charge in [-0.15, -0.1) is 0 Å². The first-order chi connectivity index (χ1) is 14.5. The van der Waals surface area contributed by atoms with Gasteiger partial charge in [0, 0.05) is 16.8 Å². The number of fused-ring (bicyclic) bond motifs is 2. The Morgan fingerprint density at radius 2 is 1.73 bits per heavy atom. The Balaban J connectivity index is 1.56. The van der Waals surface area contributed by atoms with Crippen molar-refractivity contribution in [2.24, 2.45) is 0 Å². The number of benzene rings is 2. The van der Waals surface area contributed by atoms with Crippen molar-refractivity contribution in [1.29, 1.82) is 0 Å². The van der Waals surface area contributed by atoms with Gasteiger partial charge in [0.15, 0.2) is 5.69 Å². The van der Waals surface area contributed by atoms with Crippen molar-refractivity contribution in [1.82, 2.24) is 26.0 Å². The third-order valence-electron chi connectivity index (χ3n) is 4.66. The third-order valence-corrected chi connectivity index (χ3v) is 4.66. The quantitative estimate of drug-likeness (QED) is 0.448. The highest BCUT2D eigenvalue weighted by atomic mass is 16.5. The van der Waals surface area contributed by atoms with Crippen LogP contribution in [-0.2, 0) is 0 Å². The van der Waals surface area contributed by atoms with Crippen molar-refractivity contribution < 1.29 is 14.3 Å². The number of methoxy groups -OCH3 is 1. The molecule has 4 rings (SSSR count). The molecule has 3 N–H and O–H groups in total. The van der Waals surface area contributed by atoms with E-state index in [1.54, 1.807) is 62.6 Å². The molecule has 0 bridgehead atoms. The maximum atomic E-state index is 12.6. The fourth-order valence-electron chi connectivity index (χ4n) is 3.13. The first-order valence-corrected chi connectivity index (χ1v) is 9.01. The van der Waals surface area contributed by atoms with Crippen molar-refractivity contribution in [2.45, 2.75) is 6.92 Å². The molecule has 0 aliphatic heterocycles. The number of hydrazine groups is 1. The summed E-state index contributed by atoms with van der Waals surface area (Å²) in [7, 11) is 1.57. The van der Waals surface area contributed by atoms with E-state index in [0.29, 0.717) is 33.3 Å². The van der Waals surface area contributed by atoms with Crippen LogP contribution < -0.4 is 21.1 Å². The number of ether oxygens (including phenoxy) is 1. The molecule has 2 heterocycles. The lowest BCUT2D eigenvalue weighted by Crippen LogP contribution is -2.42. The second-order valence-corrected chi connectivity index (χ2v) is 6.54. The highest BCUT2D eigenvalue weighted by Gasteiger charge is 2.17. The Hall–Kier alpha value is -4.27. The number of aromatic nitrogens is 3. The van der Waals surface area contributed by atoms with Crippen LogP contribution >= 0.6 is 0 Å². The van der Waals surface area contributed by atoms with E-state index in [-0.39, 0.29) is 5.69 Å². The fourth-order valence-corrected chi connectivity index (χ4v) is 3.13. The molecule has 9 heteroatoms. The molecule has 0 atom stereocenters. The van der Waals surface area contributed by atoms with Gasteiger partial charge < -0.3 is 4.74 Å². The van der Waals surface area contributed by atoms with Crippen molar-refractivity contribution in [3.05, 3.63) is 75.8 Å². The molecular weight excluding hydrogens is 386 g/mol. The second-order valence-electron chi connectivity index (χ2n) is 6.54. The summed E-state index contributed by atoms with van der Waals surface area (Å²) in [4.78, 5) is 41.4. The standard InChI is InChI=1S/C21H17N5O4/c1-11-16(9-12-7-8-13(30-2)10-17(12)22-11)20(28)25-26-21(29)18-14-5-3-4-6-15(14)19(27)24-23-18/h3-10H,1-2H3,(H,24,27)(H,25,28)(H,26,29). The molecule has 0 radical (unpaired) electrons. The number of carbonyl (C=O) groups excluding carboxylic acids is 2. The van der Waals surface area contributed by atoms with Crippen molar-refractivity contribution >= 4 is 33.5 Å². The normalized spacial score (nSPS) is 10.7. The lowest BCUT2D eigenvalue weighted by Gasteiger charge is -2.11. The minimum atomic E-state index is -0.660. The molecule has 0 unspecified atom stereocenters. The molecule has 2 aromatic carbocycles.